The van der Waals surface area contributed by atoms with Crippen molar-refractivity contribution in [3.05, 3.63) is 47.7 Å². The average Bonchev–Trinajstić information content (AvgIpc) is 3.23. The number of nitrogens with zero attached hydrogens (tertiary/aromatic N) is 1. The lowest BCUT2D eigenvalue weighted by atomic mass is 9.96. The first-order valence-corrected chi connectivity index (χ1v) is 8.44. The maximum atomic E-state index is 10.4. The monoisotopic (exact) mass is 336 g/mol. The van der Waals surface area contributed by atoms with Gasteiger partial charge in [0.05, 0.1) is 0 Å². The molecule has 0 aliphatic carbocycles. The van der Waals surface area contributed by atoms with E-state index in [-0.39, 0.29) is 12.5 Å². The van der Waals surface area contributed by atoms with E-state index in [1.165, 1.54) is 0 Å². The maximum absolute atomic E-state index is 10.4. The molecule has 1 aromatic heterocycles. The largest absolute Gasteiger partial charge is 0.507 e. The van der Waals surface area contributed by atoms with Crippen molar-refractivity contribution < 1.29 is 14.6 Å². The lowest BCUT2D eigenvalue weighted by molar-refractivity contribution is 0.174. The number of benzene rings is 2. The summed E-state index contributed by atoms with van der Waals surface area (Å²) in [6.07, 6.45) is 1.88. The number of aryl methyl sites for hydroxylation is 2. The zero-order chi connectivity index (χ0) is 17.4. The maximum Gasteiger partial charge on any atom is 0.231 e. The number of aromatic nitrogens is 2. The molecule has 4 rings (SSSR count). The van der Waals surface area contributed by atoms with Crippen LogP contribution in [0, 0.1) is 6.92 Å². The minimum absolute atomic E-state index is 0.224. The fourth-order valence-electron chi connectivity index (χ4n) is 3.21. The van der Waals surface area contributed by atoms with Crippen LogP contribution >= 0.6 is 0 Å². The van der Waals surface area contributed by atoms with Crippen molar-refractivity contribution in [1.29, 1.82) is 0 Å². The highest BCUT2D eigenvalue weighted by Crippen LogP contribution is 2.42. The fraction of sp³-hybridized carbons (Fsp3) is 0.250. The summed E-state index contributed by atoms with van der Waals surface area (Å²) in [6.45, 7) is 4.38. The standard InChI is InChI=1S/C20H20N2O3/c1-3-4-15-19(13-6-8-17-18(10-13)25-11-24-17)20(22-21-15)14-9-12(2)5-7-16(14)23/h5-10,23H,3-4,11H2,1-2H3,(H,21,22). The minimum Gasteiger partial charge on any atom is -0.507 e. The fourth-order valence-corrected chi connectivity index (χ4v) is 3.21. The van der Waals surface area contributed by atoms with Crippen LogP contribution in [0.2, 0.25) is 0 Å². The van der Waals surface area contributed by atoms with Gasteiger partial charge in [0.1, 0.15) is 11.4 Å². The summed E-state index contributed by atoms with van der Waals surface area (Å²) in [5, 5.41) is 18.0. The van der Waals surface area contributed by atoms with E-state index in [1.807, 2.05) is 37.3 Å². The summed E-state index contributed by atoms with van der Waals surface area (Å²) >= 11 is 0. The van der Waals surface area contributed by atoms with Crippen molar-refractivity contribution in [2.24, 2.45) is 0 Å². The predicted molar refractivity (Wildman–Crippen MR) is 96.0 cm³/mol. The molecule has 0 saturated carbocycles. The number of H-pyrrole nitrogens is 1. The Morgan fingerprint density at radius 1 is 1.12 bits per heavy atom. The molecule has 3 aromatic rings. The molecule has 5 heteroatoms. The van der Waals surface area contributed by atoms with Crippen molar-refractivity contribution in [2.45, 2.75) is 26.7 Å². The number of ether oxygens (including phenoxy) is 2. The van der Waals surface area contributed by atoms with Gasteiger partial charge in [0.2, 0.25) is 6.79 Å². The Balaban J connectivity index is 1.91. The molecule has 0 atom stereocenters. The van der Waals surface area contributed by atoms with Crippen LogP contribution < -0.4 is 9.47 Å². The van der Waals surface area contributed by atoms with Gasteiger partial charge in [0.15, 0.2) is 11.5 Å². The predicted octanol–water partition coefficient (Wildman–Crippen LogP) is 4.44. The van der Waals surface area contributed by atoms with Gasteiger partial charge in [-0.25, -0.2) is 0 Å². The van der Waals surface area contributed by atoms with Gasteiger partial charge in [-0.1, -0.05) is 31.0 Å². The Morgan fingerprint density at radius 3 is 2.80 bits per heavy atom. The number of rotatable bonds is 4. The van der Waals surface area contributed by atoms with Crippen LogP contribution in [0.1, 0.15) is 24.6 Å². The molecule has 1 aliphatic heterocycles. The van der Waals surface area contributed by atoms with Crippen LogP contribution in [0.4, 0.5) is 0 Å². The van der Waals surface area contributed by atoms with Crippen LogP contribution in [-0.2, 0) is 6.42 Å². The molecule has 0 bridgehead atoms. The first-order chi connectivity index (χ1) is 12.2. The molecule has 5 nitrogen and oxygen atoms in total. The van der Waals surface area contributed by atoms with E-state index in [0.29, 0.717) is 0 Å². The number of phenolic OH excluding ortho intramolecular Hbond substituents is 1. The molecule has 0 saturated heterocycles. The first-order valence-electron chi connectivity index (χ1n) is 8.44. The Labute approximate surface area is 146 Å². The van der Waals surface area contributed by atoms with E-state index < -0.39 is 0 Å². The summed E-state index contributed by atoms with van der Waals surface area (Å²) in [4.78, 5) is 0. The number of hydrogen-bond donors (Lipinski definition) is 2. The average molecular weight is 336 g/mol. The van der Waals surface area contributed by atoms with Gasteiger partial charge in [0.25, 0.3) is 0 Å². The van der Waals surface area contributed by atoms with Crippen molar-refractivity contribution in [3.63, 3.8) is 0 Å². The van der Waals surface area contributed by atoms with Gasteiger partial charge in [-0.15, -0.1) is 0 Å². The third-order valence-electron chi connectivity index (χ3n) is 4.41. The summed E-state index contributed by atoms with van der Waals surface area (Å²) in [5.41, 5.74) is 5.61. The van der Waals surface area contributed by atoms with E-state index in [2.05, 4.69) is 17.1 Å². The van der Waals surface area contributed by atoms with Crippen LogP contribution in [0.15, 0.2) is 36.4 Å². The SMILES string of the molecule is CCCc1[nH]nc(-c2cc(C)ccc2O)c1-c1ccc2c(c1)OCO2. The highest BCUT2D eigenvalue weighted by atomic mass is 16.7. The summed E-state index contributed by atoms with van der Waals surface area (Å²) in [5.74, 6) is 1.71. The van der Waals surface area contributed by atoms with Gasteiger partial charge in [-0.3, -0.25) is 5.10 Å². The molecule has 2 N–H and O–H groups in total. The van der Waals surface area contributed by atoms with Gasteiger partial charge in [0, 0.05) is 16.8 Å². The second kappa shape index (κ2) is 6.16. The van der Waals surface area contributed by atoms with Crippen LogP contribution in [0.5, 0.6) is 17.2 Å². The molecule has 2 aromatic carbocycles. The minimum atomic E-state index is 0.224. The normalized spacial score (nSPS) is 12.6. The molecule has 128 valence electrons. The van der Waals surface area contributed by atoms with E-state index in [4.69, 9.17) is 9.47 Å². The van der Waals surface area contributed by atoms with Crippen molar-refractivity contribution >= 4 is 0 Å². The molecule has 25 heavy (non-hydrogen) atoms. The Bertz CT molecular complexity index is 931. The zero-order valence-corrected chi connectivity index (χ0v) is 14.3. The van der Waals surface area contributed by atoms with Crippen molar-refractivity contribution in [1.82, 2.24) is 10.2 Å². The number of phenols is 1. The molecule has 0 fully saturated rings. The number of aromatic amines is 1. The van der Waals surface area contributed by atoms with E-state index in [1.54, 1.807) is 6.07 Å². The molecule has 0 unspecified atom stereocenters. The van der Waals surface area contributed by atoms with Gasteiger partial charge >= 0.3 is 0 Å². The molecule has 0 radical (unpaired) electrons. The smallest absolute Gasteiger partial charge is 0.231 e. The van der Waals surface area contributed by atoms with Crippen molar-refractivity contribution in [2.75, 3.05) is 6.79 Å². The molecule has 0 spiro atoms. The first kappa shape index (κ1) is 15.6. The third kappa shape index (κ3) is 2.71. The lowest BCUT2D eigenvalue weighted by Crippen LogP contribution is -1.93. The molecular formula is C20H20N2O3. The van der Waals surface area contributed by atoms with E-state index in [9.17, 15) is 5.11 Å². The topological polar surface area (TPSA) is 67.4 Å². The zero-order valence-electron chi connectivity index (χ0n) is 14.3. The Kier molecular flexibility index (Phi) is 3.84. The number of nitrogens with one attached hydrogen (secondary N) is 1. The lowest BCUT2D eigenvalue weighted by Gasteiger charge is -2.09. The van der Waals surface area contributed by atoms with Gasteiger partial charge in [-0.2, -0.15) is 5.10 Å². The molecule has 0 amide bonds. The number of aromatic hydroxyl groups is 1. The second-order valence-corrected chi connectivity index (χ2v) is 6.26. The summed E-state index contributed by atoms with van der Waals surface area (Å²) < 4.78 is 10.9. The Hall–Kier alpha value is -2.95. The summed E-state index contributed by atoms with van der Waals surface area (Å²) in [6, 6.07) is 11.5. The highest BCUT2D eigenvalue weighted by molar-refractivity contribution is 5.86. The molecule has 2 heterocycles. The second-order valence-electron chi connectivity index (χ2n) is 6.26. The van der Waals surface area contributed by atoms with Crippen molar-refractivity contribution in [3.8, 4) is 39.6 Å². The number of fused-ring (bicyclic) bond motifs is 1. The Morgan fingerprint density at radius 2 is 1.96 bits per heavy atom. The summed E-state index contributed by atoms with van der Waals surface area (Å²) in [7, 11) is 0. The van der Waals surface area contributed by atoms with Gasteiger partial charge in [-0.05, 0) is 43.2 Å². The third-order valence-corrected chi connectivity index (χ3v) is 4.41. The van der Waals surface area contributed by atoms with E-state index >= 15 is 0 Å². The molecular weight excluding hydrogens is 316 g/mol. The van der Waals surface area contributed by atoms with E-state index in [0.717, 1.165) is 58.0 Å². The van der Waals surface area contributed by atoms with Gasteiger partial charge < -0.3 is 14.6 Å². The number of hydrogen-bond acceptors (Lipinski definition) is 4. The quantitative estimate of drug-likeness (QED) is 0.739. The highest BCUT2D eigenvalue weighted by Gasteiger charge is 2.21. The molecule has 1 aliphatic rings. The van der Waals surface area contributed by atoms with Crippen LogP contribution in [-0.4, -0.2) is 22.1 Å². The van der Waals surface area contributed by atoms with Crippen LogP contribution in [0.25, 0.3) is 22.4 Å². The van der Waals surface area contributed by atoms with Crippen LogP contribution in [0.3, 0.4) is 0 Å².